The maximum Gasteiger partial charge on any atom is 0.303 e. The fourth-order valence-corrected chi connectivity index (χ4v) is 3.47. The summed E-state index contributed by atoms with van der Waals surface area (Å²) in [7, 11) is 0. The molecule has 1 aliphatic heterocycles. The molecule has 1 saturated heterocycles. The third kappa shape index (κ3) is 4.58. The van der Waals surface area contributed by atoms with E-state index in [9.17, 15) is 4.79 Å². The molecule has 0 aromatic carbocycles. The summed E-state index contributed by atoms with van der Waals surface area (Å²) in [6, 6.07) is 0. The van der Waals surface area contributed by atoms with E-state index in [0.717, 1.165) is 45.3 Å². The molecule has 2 rings (SSSR count). The van der Waals surface area contributed by atoms with Crippen molar-refractivity contribution >= 4 is 17.3 Å². The maximum atomic E-state index is 10.7. The number of likely N-dealkylation sites (tertiary alicyclic amines) is 1. The number of aliphatic carboxylic acids is 1. The van der Waals surface area contributed by atoms with Gasteiger partial charge in [-0.25, -0.2) is 4.98 Å². The van der Waals surface area contributed by atoms with Crippen molar-refractivity contribution in [2.75, 3.05) is 13.1 Å². The third-order valence-electron chi connectivity index (χ3n) is 3.62. The van der Waals surface area contributed by atoms with Gasteiger partial charge in [-0.1, -0.05) is 6.92 Å². The van der Waals surface area contributed by atoms with E-state index >= 15 is 0 Å². The van der Waals surface area contributed by atoms with Crippen LogP contribution in [0, 0.1) is 5.92 Å². The monoisotopic (exact) mass is 282 g/mol. The summed E-state index contributed by atoms with van der Waals surface area (Å²) >= 11 is 1.76. The van der Waals surface area contributed by atoms with Crippen LogP contribution in [0.2, 0.25) is 0 Å². The summed E-state index contributed by atoms with van der Waals surface area (Å²) in [5.41, 5.74) is 1.17. The van der Waals surface area contributed by atoms with Crippen LogP contribution in [0.4, 0.5) is 0 Å². The molecular formula is C14H22N2O2S. The topological polar surface area (TPSA) is 53.4 Å². The van der Waals surface area contributed by atoms with Crippen LogP contribution in [-0.2, 0) is 17.8 Å². The Bertz CT molecular complexity index is 411. The van der Waals surface area contributed by atoms with Gasteiger partial charge < -0.3 is 5.11 Å². The summed E-state index contributed by atoms with van der Waals surface area (Å²) in [4.78, 5) is 17.7. The van der Waals surface area contributed by atoms with Crippen LogP contribution in [0.5, 0.6) is 0 Å². The number of thiazole rings is 1. The first kappa shape index (κ1) is 14.5. The number of rotatable bonds is 6. The molecule has 0 bridgehead atoms. The molecule has 106 valence electrons. The molecule has 1 aliphatic rings. The van der Waals surface area contributed by atoms with Gasteiger partial charge in [0.15, 0.2) is 0 Å². The third-order valence-corrected chi connectivity index (χ3v) is 4.58. The second-order valence-electron chi connectivity index (χ2n) is 5.30. The zero-order valence-electron chi connectivity index (χ0n) is 11.5. The van der Waals surface area contributed by atoms with Gasteiger partial charge in [-0.2, -0.15) is 0 Å². The molecule has 4 nitrogen and oxygen atoms in total. The zero-order chi connectivity index (χ0) is 13.7. The molecule has 0 radical (unpaired) electrons. The Labute approximate surface area is 118 Å². The van der Waals surface area contributed by atoms with E-state index in [0.29, 0.717) is 12.3 Å². The van der Waals surface area contributed by atoms with Crippen LogP contribution in [0.25, 0.3) is 0 Å². The molecule has 5 heteroatoms. The smallest absolute Gasteiger partial charge is 0.303 e. The van der Waals surface area contributed by atoms with Gasteiger partial charge in [0, 0.05) is 18.3 Å². The lowest BCUT2D eigenvalue weighted by Gasteiger charge is -2.30. The van der Waals surface area contributed by atoms with E-state index in [1.807, 2.05) is 0 Å². The Balaban J connectivity index is 1.76. The molecule has 0 saturated carbocycles. The van der Waals surface area contributed by atoms with Crippen molar-refractivity contribution in [2.24, 2.45) is 5.92 Å². The minimum Gasteiger partial charge on any atom is -0.481 e. The summed E-state index contributed by atoms with van der Waals surface area (Å²) < 4.78 is 0. The van der Waals surface area contributed by atoms with Crippen molar-refractivity contribution in [3.05, 3.63) is 16.1 Å². The van der Waals surface area contributed by atoms with Crippen LogP contribution in [0.3, 0.4) is 0 Å². The predicted molar refractivity (Wildman–Crippen MR) is 76.4 cm³/mol. The highest BCUT2D eigenvalue weighted by atomic mass is 32.1. The van der Waals surface area contributed by atoms with E-state index in [1.54, 1.807) is 11.3 Å². The van der Waals surface area contributed by atoms with Crippen LogP contribution in [0.1, 0.15) is 43.3 Å². The van der Waals surface area contributed by atoms with Crippen molar-refractivity contribution in [2.45, 2.75) is 45.6 Å². The number of piperidine rings is 1. The van der Waals surface area contributed by atoms with E-state index in [-0.39, 0.29) is 0 Å². The van der Waals surface area contributed by atoms with Gasteiger partial charge in [-0.3, -0.25) is 9.69 Å². The van der Waals surface area contributed by atoms with E-state index in [2.05, 4.69) is 22.2 Å². The van der Waals surface area contributed by atoms with Crippen LogP contribution in [0.15, 0.2) is 5.38 Å². The molecule has 0 spiro atoms. The molecule has 1 N–H and O–H groups in total. The molecule has 0 unspecified atom stereocenters. The van der Waals surface area contributed by atoms with E-state index < -0.39 is 5.97 Å². The van der Waals surface area contributed by atoms with Crippen LogP contribution in [-0.4, -0.2) is 34.0 Å². The van der Waals surface area contributed by atoms with Crippen molar-refractivity contribution < 1.29 is 9.90 Å². The van der Waals surface area contributed by atoms with Gasteiger partial charge in [0.25, 0.3) is 0 Å². The molecule has 19 heavy (non-hydrogen) atoms. The number of aromatic nitrogens is 1. The fourth-order valence-electron chi connectivity index (χ4n) is 2.57. The number of hydrogen-bond acceptors (Lipinski definition) is 4. The number of hydrogen-bond donors (Lipinski definition) is 1. The fraction of sp³-hybridized carbons (Fsp3) is 0.714. The molecule has 1 aromatic rings. The number of aryl methyl sites for hydroxylation is 1. The summed E-state index contributed by atoms with van der Waals surface area (Å²) in [6.07, 6.45) is 4.54. The van der Waals surface area contributed by atoms with E-state index in [1.165, 1.54) is 10.7 Å². The molecule has 0 atom stereocenters. The Morgan fingerprint density at radius 3 is 2.89 bits per heavy atom. The Morgan fingerprint density at radius 1 is 1.53 bits per heavy atom. The lowest BCUT2D eigenvalue weighted by Crippen LogP contribution is -2.34. The van der Waals surface area contributed by atoms with Gasteiger partial charge in [0.05, 0.1) is 10.7 Å². The standard InChI is InChI=1S/C14H22N2O2S/c1-2-3-13-15-12(10-19-13)9-16-6-4-11(5-7-16)8-14(17)18/h10-11H,2-9H2,1H3,(H,17,18). The molecule has 2 heterocycles. The van der Waals surface area contributed by atoms with Crippen molar-refractivity contribution in [3.63, 3.8) is 0 Å². The first-order valence-corrected chi connectivity index (χ1v) is 7.92. The van der Waals surface area contributed by atoms with Gasteiger partial charge in [0.2, 0.25) is 0 Å². The lowest BCUT2D eigenvalue weighted by molar-refractivity contribution is -0.138. The number of carboxylic acid groups (broad SMARTS) is 1. The minimum atomic E-state index is -0.665. The zero-order valence-corrected chi connectivity index (χ0v) is 12.3. The second kappa shape index (κ2) is 7.01. The van der Waals surface area contributed by atoms with Gasteiger partial charge >= 0.3 is 5.97 Å². The first-order chi connectivity index (χ1) is 9.17. The first-order valence-electron chi connectivity index (χ1n) is 7.04. The molecule has 0 aliphatic carbocycles. The SMILES string of the molecule is CCCc1nc(CN2CCC(CC(=O)O)CC2)cs1. The molecule has 1 fully saturated rings. The van der Waals surface area contributed by atoms with Gasteiger partial charge in [0.1, 0.15) is 0 Å². The average molecular weight is 282 g/mol. The van der Waals surface area contributed by atoms with Crippen molar-refractivity contribution in [3.8, 4) is 0 Å². The summed E-state index contributed by atoms with van der Waals surface area (Å²) in [5, 5.41) is 12.2. The van der Waals surface area contributed by atoms with Crippen LogP contribution < -0.4 is 0 Å². The Morgan fingerprint density at radius 2 is 2.26 bits per heavy atom. The summed E-state index contributed by atoms with van der Waals surface area (Å²) in [5.74, 6) is -0.304. The highest BCUT2D eigenvalue weighted by Gasteiger charge is 2.21. The average Bonchev–Trinajstić information content (AvgIpc) is 2.79. The predicted octanol–water partition coefficient (Wildman–Crippen LogP) is 2.78. The van der Waals surface area contributed by atoms with Crippen molar-refractivity contribution in [1.29, 1.82) is 0 Å². The largest absolute Gasteiger partial charge is 0.481 e. The molecule has 0 amide bonds. The number of carboxylic acids is 1. The second-order valence-corrected chi connectivity index (χ2v) is 6.24. The maximum absolute atomic E-state index is 10.7. The lowest BCUT2D eigenvalue weighted by atomic mass is 9.93. The number of carbonyl (C=O) groups is 1. The molecular weight excluding hydrogens is 260 g/mol. The van der Waals surface area contributed by atoms with Gasteiger partial charge in [-0.05, 0) is 44.7 Å². The Hall–Kier alpha value is -0.940. The quantitative estimate of drug-likeness (QED) is 0.871. The summed E-state index contributed by atoms with van der Waals surface area (Å²) in [6.45, 7) is 5.09. The normalized spacial score (nSPS) is 17.7. The van der Waals surface area contributed by atoms with Gasteiger partial charge in [-0.15, -0.1) is 11.3 Å². The van der Waals surface area contributed by atoms with E-state index in [4.69, 9.17) is 5.11 Å². The van der Waals surface area contributed by atoms with Crippen LogP contribution >= 0.6 is 11.3 Å². The Kier molecular flexibility index (Phi) is 5.34. The number of nitrogens with zero attached hydrogens (tertiary/aromatic N) is 2. The highest BCUT2D eigenvalue weighted by Crippen LogP contribution is 2.22. The highest BCUT2D eigenvalue weighted by molar-refractivity contribution is 7.09. The van der Waals surface area contributed by atoms with Crippen molar-refractivity contribution in [1.82, 2.24) is 9.88 Å². The molecule has 1 aromatic heterocycles. The minimum absolute atomic E-state index is 0.325.